The molecule has 0 aliphatic carbocycles. The fourth-order valence-electron chi connectivity index (χ4n) is 1.05. The Kier molecular flexibility index (Phi) is 2.71. The molecule has 0 fully saturated rings. The molecule has 14 heavy (non-hydrogen) atoms. The number of carbonyl (C=O) groups is 2. The molecule has 1 aromatic rings. The maximum Gasteiger partial charge on any atom is 0.250 e. The number of rotatable bonds is 2. The first-order valence-electron chi connectivity index (χ1n) is 3.97. The van der Waals surface area contributed by atoms with E-state index in [2.05, 4.69) is 5.32 Å². The summed E-state index contributed by atoms with van der Waals surface area (Å²) in [7, 11) is 0. The molecule has 0 aromatic heterocycles. The summed E-state index contributed by atoms with van der Waals surface area (Å²) < 4.78 is 0. The van der Waals surface area contributed by atoms with E-state index in [4.69, 9.17) is 11.5 Å². The Balaban J connectivity index is 3.06. The van der Waals surface area contributed by atoms with Gasteiger partial charge in [0.15, 0.2) is 0 Å². The van der Waals surface area contributed by atoms with E-state index >= 15 is 0 Å². The standard InChI is InChI=1S/C9H11N3O2/c1-5(13)12-6-2-3-8(10)7(4-6)9(11)14/h2-4H,10H2,1H3,(H2,11,14)(H,12,13). The minimum Gasteiger partial charge on any atom is -0.398 e. The van der Waals surface area contributed by atoms with Crippen molar-refractivity contribution in [3.8, 4) is 0 Å². The highest BCUT2D eigenvalue weighted by Crippen LogP contribution is 2.17. The molecule has 0 aliphatic heterocycles. The van der Waals surface area contributed by atoms with Crippen molar-refractivity contribution in [2.75, 3.05) is 11.1 Å². The number of nitrogens with two attached hydrogens (primary N) is 2. The molecule has 1 aromatic carbocycles. The quantitative estimate of drug-likeness (QED) is 0.590. The van der Waals surface area contributed by atoms with Gasteiger partial charge in [0.05, 0.1) is 5.56 Å². The van der Waals surface area contributed by atoms with E-state index in [-0.39, 0.29) is 11.5 Å². The van der Waals surface area contributed by atoms with Gasteiger partial charge in [-0.2, -0.15) is 0 Å². The molecule has 0 radical (unpaired) electrons. The van der Waals surface area contributed by atoms with Crippen LogP contribution < -0.4 is 16.8 Å². The van der Waals surface area contributed by atoms with Gasteiger partial charge in [-0.15, -0.1) is 0 Å². The lowest BCUT2D eigenvalue weighted by atomic mass is 10.1. The Morgan fingerprint density at radius 3 is 2.50 bits per heavy atom. The number of hydrogen-bond acceptors (Lipinski definition) is 3. The molecule has 0 saturated carbocycles. The molecular weight excluding hydrogens is 182 g/mol. The van der Waals surface area contributed by atoms with E-state index in [9.17, 15) is 9.59 Å². The highest BCUT2D eigenvalue weighted by Gasteiger charge is 2.06. The predicted octanol–water partition coefficient (Wildman–Crippen LogP) is 0.326. The average molecular weight is 193 g/mol. The van der Waals surface area contributed by atoms with Crippen LogP contribution in [0.25, 0.3) is 0 Å². The lowest BCUT2D eigenvalue weighted by Crippen LogP contribution is -2.14. The minimum absolute atomic E-state index is 0.205. The number of nitrogens with one attached hydrogen (secondary N) is 1. The van der Waals surface area contributed by atoms with Crippen LogP contribution in [0.15, 0.2) is 18.2 Å². The van der Waals surface area contributed by atoms with Gasteiger partial charge in [-0.1, -0.05) is 0 Å². The number of hydrogen-bond donors (Lipinski definition) is 3. The van der Waals surface area contributed by atoms with Gasteiger partial charge in [0.25, 0.3) is 5.91 Å². The van der Waals surface area contributed by atoms with Crippen LogP contribution in [0.3, 0.4) is 0 Å². The molecule has 2 amide bonds. The van der Waals surface area contributed by atoms with E-state index in [1.807, 2.05) is 0 Å². The Bertz CT molecular complexity index is 388. The third kappa shape index (κ3) is 2.22. The van der Waals surface area contributed by atoms with Crippen LogP contribution in [-0.4, -0.2) is 11.8 Å². The summed E-state index contributed by atoms with van der Waals surface area (Å²) >= 11 is 0. The maximum atomic E-state index is 10.9. The predicted molar refractivity (Wildman–Crippen MR) is 53.7 cm³/mol. The zero-order chi connectivity index (χ0) is 10.7. The summed E-state index contributed by atoms with van der Waals surface area (Å²) in [4.78, 5) is 21.6. The third-order valence-corrected chi connectivity index (χ3v) is 1.64. The molecule has 5 N–H and O–H groups in total. The summed E-state index contributed by atoms with van der Waals surface area (Å²) in [5, 5.41) is 2.52. The minimum atomic E-state index is -0.616. The fraction of sp³-hybridized carbons (Fsp3) is 0.111. The first kappa shape index (κ1) is 10.0. The van der Waals surface area contributed by atoms with E-state index < -0.39 is 5.91 Å². The topological polar surface area (TPSA) is 98.2 Å². The van der Waals surface area contributed by atoms with Gasteiger partial charge in [0.1, 0.15) is 0 Å². The number of amides is 2. The van der Waals surface area contributed by atoms with E-state index in [1.165, 1.54) is 19.1 Å². The molecule has 1 rings (SSSR count). The zero-order valence-corrected chi connectivity index (χ0v) is 7.70. The average Bonchev–Trinajstić information content (AvgIpc) is 2.07. The summed E-state index contributed by atoms with van der Waals surface area (Å²) in [5.74, 6) is -0.833. The lowest BCUT2D eigenvalue weighted by Gasteiger charge is -2.05. The van der Waals surface area contributed by atoms with Crippen molar-refractivity contribution in [3.05, 3.63) is 23.8 Å². The van der Waals surface area contributed by atoms with Crippen LogP contribution in [0.4, 0.5) is 11.4 Å². The molecule has 0 saturated heterocycles. The number of benzene rings is 1. The molecule has 0 spiro atoms. The van der Waals surface area contributed by atoms with Crippen LogP contribution in [0.1, 0.15) is 17.3 Å². The van der Waals surface area contributed by atoms with Gasteiger partial charge in [-0.05, 0) is 18.2 Å². The molecule has 74 valence electrons. The number of primary amides is 1. The Morgan fingerprint density at radius 1 is 1.36 bits per heavy atom. The van der Waals surface area contributed by atoms with Crippen LogP contribution >= 0.6 is 0 Å². The molecule has 0 unspecified atom stereocenters. The fourth-order valence-corrected chi connectivity index (χ4v) is 1.05. The molecule has 5 heteroatoms. The summed E-state index contributed by atoms with van der Waals surface area (Å²) in [6.07, 6.45) is 0. The molecular formula is C9H11N3O2. The van der Waals surface area contributed by atoms with Crippen LogP contribution in [0, 0.1) is 0 Å². The first-order valence-corrected chi connectivity index (χ1v) is 3.97. The van der Waals surface area contributed by atoms with E-state index in [0.717, 1.165) is 0 Å². The summed E-state index contributed by atoms with van der Waals surface area (Å²) in [6.45, 7) is 1.38. The number of nitrogen functional groups attached to an aromatic ring is 1. The highest BCUT2D eigenvalue weighted by atomic mass is 16.1. The van der Waals surface area contributed by atoms with Crippen molar-refractivity contribution >= 4 is 23.2 Å². The van der Waals surface area contributed by atoms with Crippen molar-refractivity contribution in [2.45, 2.75) is 6.92 Å². The molecule has 0 atom stereocenters. The highest BCUT2D eigenvalue weighted by molar-refractivity contribution is 6.00. The van der Waals surface area contributed by atoms with Gasteiger partial charge in [-0.25, -0.2) is 0 Å². The first-order chi connectivity index (χ1) is 6.50. The lowest BCUT2D eigenvalue weighted by molar-refractivity contribution is -0.114. The second kappa shape index (κ2) is 3.78. The third-order valence-electron chi connectivity index (χ3n) is 1.64. The van der Waals surface area contributed by atoms with Crippen LogP contribution in [-0.2, 0) is 4.79 Å². The van der Waals surface area contributed by atoms with Crippen LogP contribution in [0.5, 0.6) is 0 Å². The largest absolute Gasteiger partial charge is 0.398 e. The summed E-state index contributed by atoms with van der Waals surface area (Å²) in [5.41, 5.74) is 11.6. The maximum absolute atomic E-state index is 10.9. The normalized spacial score (nSPS) is 9.50. The Hall–Kier alpha value is -2.04. The molecule has 5 nitrogen and oxygen atoms in total. The van der Waals surface area contributed by atoms with Crippen LogP contribution in [0.2, 0.25) is 0 Å². The number of anilines is 2. The van der Waals surface area contributed by atoms with Gasteiger partial charge in [0, 0.05) is 18.3 Å². The smallest absolute Gasteiger partial charge is 0.250 e. The SMILES string of the molecule is CC(=O)Nc1ccc(N)c(C(N)=O)c1. The van der Waals surface area contributed by atoms with Gasteiger partial charge in [-0.3, -0.25) is 9.59 Å². The molecule has 0 bridgehead atoms. The van der Waals surface area contributed by atoms with Crippen molar-refractivity contribution < 1.29 is 9.59 Å². The van der Waals surface area contributed by atoms with Crippen molar-refractivity contribution in [2.24, 2.45) is 5.73 Å². The van der Waals surface area contributed by atoms with Crippen molar-refractivity contribution in [1.82, 2.24) is 0 Å². The van der Waals surface area contributed by atoms with Crippen molar-refractivity contribution in [1.29, 1.82) is 0 Å². The second-order valence-corrected chi connectivity index (χ2v) is 2.85. The Labute approximate surface area is 81.1 Å². The second-order valence-electron chi connectivity index (χ2n) is 2.85. The molecule has 0 heterocycles. The van der Waals surface area contributed by atoms with E-state index in [0.29, 0.717) is 11.4 Å². The number of carbonyl (C=O) groups excluding carboxylic acids is 2. The summed E-state index contributed by atoms with van der Waals surface area (Å²) in [6, 6.07) is 4.56. The van der Waals surface area contributed by atoms with E-state index in [1.54, 1.807) is 6.07 Å². The Morgan fingerprint density at radius 2 is 2.00 bits per heavy atom. The monoisotopic (exact) mass is 193 g/mol. The van der Waals surface area contributed by atoms with Gasteiger partial charge < -0.3 is 16.8 Å². The zero-order valence-electron chi connectivity index (χ0n) is 7.70. The molecule has 0 aliphatic rings. The van der Waals surface area contributed by atoms with Gasteiger partial charge >= 0.3 is 0 Å². The van der Waals surface area contributed by atoms with Crippen molar-refractivity contribution in [3.63, 3.8) is 0 Å². The van der Waals surface area contributed by atoms with Gasteiger partial charge in [0.2, 0.25) is 5.91 Å².